The van der Waals surface area contributed by atoms with E-state index in [1.807, 2.05) is 6.92 Å². The van der Waals surface area contributed by atoms with Gasteiger partial charge in [0.05, 0.1) is 12.3 Å². The molecule has 0 atom stereocenters. The van der Waals surface area contributed by atoms with Crippen molar-refractivity contribution in [2.75, 3.05) is 6.61 Å². The molecular formula is C9H11FN2O. The van der Waals surface area contributed by atoms with Crippen LogP contribution in [0.15, 0.2) is 0 Å². The zero-order valence-electron chi connectivity index (χ0n) is 7.51. The Labute approximate surface area is 76.0 Å². The molecule has 70 valence electrons. The Morgan fingerprint density at radius 3 is 3.00 bits per heavy atom. The number of fused-ring (bicyclic) bond motifs is 1. The first kappa shape index (κ1) is 8.41. The summed E-state index contributed by atoms with van der Waals surface area (Å²) in [4.78, 5) is 7.77. The minimum atomic E-state index is -0.411. The second-order valence-electron chi connectivity index (χ2n) is 3.01. The maximum absolute atomic E-state index is 13.2. The largest absolute Gasteiger partial charge is 0.464 e. The van der Waals surface area contributed by atoms with Gasteiger partial charge < -0.3 is 4.74 Å². The van der Waals surface area contributed by atoms with Crippen molar-refractivity contribution < 1.29 is 9.13 Å². The molecule has 0 spiro atoms. The minimum absolute atomic E-state index is 0.167. The van der Waals surface area contributed by atoms with Gasteiger partial charge in [-0.05, 0) is 26.2 Å². The van der Waals surface area contributed by atoms with E-state index in [-0.39, 0.29) is 6.01 Å². The van der Waals surface area contributed by atoms with Crippen LogP contribution in [0.25, 0.3) is 0 Å². The van der Waals surface area contributed by atoms with Crippen LogP contribution in [0.1, 0.15) is 24.6 Å². The van der Waals surface area contributed by atoms with E-state index in [0.717, 1.165) is 25.0 Å². The van der Waals surface area contributed by atoms with E-state index >= 15 is 0 Å². The maximum atomic E-state index is 13.2. The smallest absolute Gasteiger partial charge is 0.319 e. The Balaban J connectivity index is 2.37. The highest BCUT2D eigenvalue weighted by atomic mass is 19.1. The van der Waals surface area contributed by atoms with Crippen LogP contribution < -0.4 is 4.74 Å². The van der Waals surface area contributed by atoms with Gasteiger partial charge in [0.2, 0.25) is 5.95 Å². The summed E-state index contributed by atoms with van der Waals surface area (Å²) in [6, 6.07) is 0.167. The molecule has 0 saturated heterocycles. The molecule has 0 radical (unpaired) electrons. The third kappa shape index (κ3) is 1.48. The van der Waals surface area contributed by atoms with E-state index in [9.17, 15) is 4.39 Å². The van der Waals surface area contributed by atoms with E-state index in [1.54, 1.807) is 0 Å². The summed E-state index contributed by atoms with van der Waals surface area (Å²) in [5, 5.41) is 0. The van der Waals surface area contributed by atoms with Crippen LogP contribution >= 0.6 is 0 Å². The highest BCUT2D eigenvalue weighted by Crippen LogP contribution is 2.23. The van der Waals surface area contributed by atoms with Gasteiger partial charge in [-0.1, -0.05) is 0 Å². The van der Waals surface area contributed by atoms with E-state index in [2.05, 4.69) is 9.97 Å². The SMILES string of the molecule is CCOc1nc(F)c2c(n1)CCC2. The second kappa shape index (κ2) is 3.28. The molecule has 0 aliphatic heterocycles. The number of hydrogen-bond donors (Lipinski definition) is 0. The van der Waals surface area contributed by atoms with Gasteiger partial charge in [0.15, 0.2) is 0 Å². The van der Waals surface area contributed by atoms with Crippen LogP contribution in [-0.2, 0) is 12.8 Å². The number of halogens is 1. The molecule has 0 N–H and O–H groups in total. The molecule has 2 rings (SSSR count). The van der Waals surface area contributed by atoms with Crippen molar-refractivity contribution in [1.82, 2.24) is 9.97 Å². The lowest BCUT2D eigenvalue weighted by atomic mass is 10.3. The van der Waals surface area contributed by atoms with Gasteiger partial charge in [0.25, 0.3) is 0 Å². The van der Waals surface area contributed by atoms with Crippen LogP contribution in [0.2, 0.25) is 0 Å². The Morgan fingerprint density at radius 2 is 2.23 bits per heavy atom. The van der Waals surface area contributed by atoms with Crippen LogP contribution in [-0.4, -0.2) is 16.6 Å². The third-order valence-electron chi connectivity index (χ3n) is 2.14. The molecule has 1 aliphatic carbocycles. The van der Waals surface area contributed by atoms with Crippen molar-refractivity contribution in [1.29, 1.82) is 0 Å². The van der Waals surface area contributed by atoms with E-state index in [0.29, 0.717) is 12.2 Å². The number of hydrogen-bond acceptors (Lipinski definition) is 3. The molecule has 0 saturated carbocycles. The fraction of sp³-hybridized carbons (Fsp3) is 0.556. The van der Waals surface area contributed by atoms with Crippen molar-refractivity contribution in [3.05, 3.63) is 17.2 Å². The third-order valence-corrected chi connectivity index (χ3v) is 2.14. The monoisotopic (exact) mass is 182 g/mol. The van der Waals surface area contributed by atoms with Crippen molar-refractivity contribution in [2.24, 2.45) is 0 Å². The maximum Gasteiger partial charge on any atom is 0.319 e. The van der Waals surface area contributed by atoms with Gasteiger partial charge in [-0.15, -0.1) is 0 Å². The summed E-state index contributed by atoms with van der Waals surface area (Å²) >= 11 is 0. The van der Waals surface area contributed by atoms with Crippen molar-refractivity contribution in [3.63, 3.8) is 0 Å². The number of nitrogens with zero attached hydrogens (tertiary/aromatic N) is 2. The lowest BCUT2D eigenvalue weighted by molar-refractivity contribution is 0.304. The van der Waals surface area contributed by atoms with E-state index in [1.165, 1.54) is 0 Å². The quantitative estimate of drug-likeness (QED) is 0.650. The van der Waals surface area contributed by atoms with Crippen molar-refractivity contribution >= 4 is 0 Å². The molecule has 0 fully saturated rings. The average Bonchev–Trinajstić information content (AvgIpc) is 2.53. The molecule has 4 heteroatoms. The molecule has 1 aromatic heterocycles. The highest BCUT2D eigenvalue weighted by Gasteiger charge is 2.19. The van der Waals surface area contributed by atoms with Crippen LogP contribution in [0.3, 0.4) is 0 Å². The Morgan fingerprint density at radius 1 is 1.38 bits per heavy atom. The minimum Gasteiger partial charge on any atom is -0.464 e. The van der Waals surface area contributed by atoms with Gasteiger partial charge in [0.1, 0.15) is 0 Å². The Kier molecular flexibility index (Phi) is 2.12. The van der Waals surface area contributed by atoms with Gasteiger partial charge in [-0.25, -0.2) is 0 Å². The number of rotatable bonds is 2. The first-order chi connectivity index (χ1) is 6.31. The molecular weight excluding hydrogens is 171 g/mol. The molecule has 1 heterocycles. The van der Waals surface area contributed by atoms with Crippen LogP contribution in [0, 0.1) is 5.95 Å². The average molecular weight is 182 g/mol. The predicted molar refractivity (Wildman–Crippen MR) is 45.2 cm³/mol. The molecule has 0 aromatic carbocycles. The fourth-order valence-electron chi connectivity index (χ4n) is 1.56. The topological polar surface area (TPSA) is 35.0 Å². The van der Waals surface area contributed by atoms with Gasteiger partial charge in [0, 0.05) is 5.56 Å². The fourth-order valence-corrected chi connectivity index (χ4v) is 1.56. The second-order valence-corrected chi connectivity index (χ2v) is 3.01. The van der Waals surface area contributed by atoms with Crippen molar-refractivity contribution in [2.45, 2.75) is 26.2 Å². The standard InChI is InChI=1S/C9H11FN2O/c1-2-13-9-11-7-5-3-4-6(7)8(10)12-9/h2-5H2,1H3. The molecule has 0 amide bonds. The van der Waals surface area contributed by atoms with Crippen molar-refractivity contribution in [3.8, 4) is 6.01 Å². The molecule has 3 nitrogen and oxygen atoms in total. The summed E-state index contributed by atoms with van der Waals surface area (Å²) in [5.74, 6) is -0.411. The summed E-state index contributed by atoms with van der Waals surface area (Å²) in [7, 11) is 0. The first-order valence-electron chi connectivity index (χ1n) is 4.49. The van der Waals surface area contributed by atoms with Gasteiger partial charge in [-0.2, -0.15) is 14.4 Å². The Hall–Kier alpha value is -1.19. The number of aromatic nitrogens is 2. The highest BCUT2D eigenvalue weighted by molar-refractivity contribution is 5.25. The van der Waals surface area contributed by atoms with Crippen LogP contribution in [0.5, 0.6) is 6.01 Å². The lowest BCUT2D eigenvalue weighted by Crippen LogP contribution is -2.03. The normalized spacial score (nSPS) is 14.3. The zero-order valence-corrected chi connectivity index (χ0v) is 7.51. The molecule has 13 heavy (non-hydrogen) atoms. The lowest BCUT2D eigenvalue weighted by Gasteiger charge is -2.03. The van der Waals surface area contributed by atoms with E-state index in [4.69, 9.17) is 4.74 Å². The summed E-state index contributed by atoms with van der Waals surface area (Å²) < 4.78 is 18.3. The summed E-state index contributed by atoms with van der Waals surface area (Å²) in [5.41, 5.74) is 1.49. The molecule has 1 aromatic rings. The predicted octanol–water partition coefficient (Wildman–Crippen LogP) is 1.50. The first-order valence-corrected chi connectivity index (χ1v) is 4.49. The summed E-state index contributed by atoms with van der Waals surface area (Å²) in [6.07, 6.45) is 2.57. The number of ether oxygens (including phenoxy) is 1. The van der Waals surface area contributed by atoms with E-state index < -0.39 is 5.95 Å². The number of aryl methyl sites for hydroxylation is 1. The molecule has 0 bridgehead atoms. The van der Waals surface area contributed by atoms with Gasteiger partial charge in [-0.3, -0.25) is 0 Å². The molecule has 1 aliphatic rings. The van der Waals surface area contributed by atoms with Crippen LogP contribution in [0.4, 0.5) is 4.39 Å². The Bertz CT molecular complexity index is 328. The zero-order chi connectivity index (χ0) is 9.26. The molecule has 0 unspecified atom stereocenters. The van der Waals surface area contributed by atoms with Gasteiger partial charge >= 0.3 is 6.01 Å². The summed E-state index contributed by atoms with van der Waals surface area (Å²) in [6.45, 7) is 2.30.